The summed E-state index contributed by atoms with van der Waals surface area (Å²) in [5, 5.41) is 3.78. The van der Waals surface area contributed by atoms with Crippen molar-refractivity contribution in [3.8, 4) is 10.8 Å². The molecule has 2 N–H and O–H groups in total. The molecule has 0 amide bonds. The molecule has 1 unspecified atom stereocenters. The van der Waals surface area contributed by atoms with Gasteiger partial charge in [0.1, 0.15) is 0 Å². The lowest BCUT2D eigenvalue weighted by molar-refractivity contribution is 0.419. The van der Waals surface area contributed by atoms with Crippen LogP contribution < -0.4 is 5.73 Å². The minimum absolute atomic E-state index is 0.198. The van der Waals surface area contributed by atoms with Crippen LogP contribution in [0.1, 0.15) is 18.8 Å². The monoisotopic (exact) mass is 273 g/mol. The maximum atomic E-state index is 5.62. The van der Waals surface area contributed by atoms with E-state index in [0.29, 0.717) is 11.7 Å². The van der Waals surface area contributed by atoms with Gasteiger partial charge in [0.25, 0.3) is 5.89 Å². The highest BCUT2D eigenvalue weighted by molar-refractivity contribution is 9.11. The highest BCUT2D eigenvalue weighted by atomic mass is 79.9. The van der Waals surface area contributed by atoms with Crippen molar-refractivity contribution in [2.75, 3.05) is 0 Å². The van der Waals surface area contributed by atoms with Crippen molar-refractivity contribution < 1.29 is 4.52 Å². The van der Waals surface area contributed by atoms with E-state index in [1.165, 1.54) is 0 Å². The molecule has 14 heavy (non-hydrogen) atoms. The van der Waals surface area contributed by atoms with Gasteiger partial charge in [-0.3, -0.25) is 0 Å². The number of rotatable bonds is 2. The van der Waals surface area contributed by atoms with E-state index in [4.69, 9.17) is 10.3 Å². The molecule has 6 heteroatoms. The number of nitrogens with zero attached hydrogens (tertiary/aromatic N) is 2. The number of halogens is 1. The Balaban J connectivity index is 2.33. The van der Waals surface area contributed by atoms with Gasteiger partial charge in [-0.1, -0.05) is 5.16 Å². The lowest BCUT2D eigenvalue weighted by Gasteiger charge is -1.92. The molecular formula is C8H8BrN3OS. The normalized spacial score (nSPS) is 13.1. The van der Waals surface area contributed by atoms with Gasteiger partial charge in [0, 0.05) is 0 Å². The van der Waals surface area contributed by atoms with E-state index in [1.807, 2.05) is 19.1 Å². The molecule has 0 radical (unpaired) electrons. The van der Waals surface area contributed by atoms with Crippen LogP contribution >= 0.6 is 27.3 Å². The summed E-state index contributed by atoms with van der Waals surface area (Å²) in [6.07, 6.45) is 0. The third kappa shape index (κ3) is 1.87. The van der Waals surface area contributed by atoms with Crippen molar-refractivity contribution in [2.24, 2.45) is 5.73 Å². The van der Waals surface area contributed by atoms with E-state index in [1.54, 1.807) is 11.3 Å². The lowest BCUT2D eigenvalue weighted by Crippen LogP contribution is -2.06. The summed E-state index contributed by atoms with van der Waals surface area (Å²) in [6.45, 7) is 1.82. The zero-order chi connectivity index (χ0) is 10.1. The summed E-state index contributed by atoms with van der Waals surface area (Å²) in [5.74, 6) is 1.05. The van der Waals surface area contributed by atoms with Crippen LogP contribution in [0.3, 0.4) is 0 Å². The van der Waals surface area contributed by atoms with E-state index in [9.17, 15) is 0 Å². The summed E-state index contributed by atoms with van der Waals surface area (Å²) in [6, 6.07) is 3.67. The lowest BCUT2D eigenvalue weighted by atomic mass is 10.3. The molecule has 0 spiro atoms. The molecular weight excluding hydrogens is 266 g/mol. The fourth-order valence-electron chi connectivity index (χ4n) is 0.949. The highest BCUT2D eigenvalue weighted by Gasteiger charge is 2.12. The van der Waals surface area contributed by atoms with E-state index in [0.717, 1.165) is 8.66 Å². The Kier molecular flexibility index (Phi) is 2.66. The molecule has 74 valence electrons. The van der Waals surface area contributed by atoms with Crippen LogP contribution in [0.2, 0.25) is 0 Å². The number of thiophene rings is 1. The summed E-state index contributed by atoms with van der Waals surface area (Å²) in [5.41, 5.74) is 5.62. The molecule has 2 aromatic rings. The SMILES string of the molecule is CC(N)c1noc(-c2ccc(Br)s2)n1. The molecule has 0 aliphatic heterocycles. The zero-order valence-corrected chi connectivity index (χ0v) is 9.80. The second-order valence-electron chi connectivity index (χ2n) is 2.85. The van der Waals surface area contributed by atoms with Crippen LogP contribution in [0, 0.1) is 0 Å². The van der Waals surface area contributed by atoms with Gasteiger partial charge in [-0.25, -0.2) is 0 Å². The Hall–Kier alpha value is -0.720. The van der Waals surface area contributed by atoms with Gasteiger partial charge in [-0.2, -0.15) is 4.98 Å². The van der Waals surface area contributed by atoms with Gasteiger partial charge in [-0.15, -0.1) is 11.3 Å². The molecule has 0 saturated carbocycles. The van der Waals surface area contributed by atoms with Crippen molar-refractivity contribution >= 4 is 27.3 Å². The average molecular weight is 274 g/mol. The molecule has 4 nitrogen and oxygen atoms in total. The first-order valence-electron chi connectivity index (χ1n) is 4.01. The quantitative estimate of drug-likeness (QED) is 0.914. The van der Waals surface area contributed by atoms with Crippen LogP contribution in [0.25, 0.3) is 10.8 Å². The van der Waals surface area contributed by atoms with Crippen molar-refractivity contribution in [3.05, 3.63) is 21.7 Å². The Bertz CT molecular complexity index is 437. The Morgan fingerprint density at radius 1 is 1.57 bits per heavy atom. The highest BCUT2D eigenvalue weighted by Crippen LogP contribution is 2.30. The number of hydrogen-bond acceptors (Lipinski definition) is 5. The predicted octanol–water partition coefficient (Wildman–Crippen LogP) is 2.58. The molecule has 0 aliphatic rings. The van der Waals surface area contributed by atoms with Crippen molar-refractivity contribution in [2.45, 2.75) is 13.0 Å². The Morgan fingerprint density at radius 3 is 2.86 bits per heavy atom. The fraction of sp³-hybridized carbons (Fsp3) is 0.250. The second kappa shape index (κ2) is 3.80. The summed E-state index contributed by atoms with van der Waals surface area (Å²) >= 11 is 4.91. The van der Waals surface area contributed by atoms with Crippen molar-refractivity contribution in [3.63, 3.8) is 0 Å². The molecule has 0 bridgehead atoms. The number of hydrogen-bond donors (Lipinski definition) is 1. The third-order valence-corrected chi connectivity index (χ3v) is 3.24. The first kappa shape index (κ1) is 9.82. The van der Waals surface area contributed by atoms with Gasteiger partial charge in [0.05, 0.1) is 14.7 Å². The van der Waals surface area contributed by atoms with Crippen LogP contribution in [-0.4, -0.2) is 10.1 Å². The van der Waals surface area contributed by atoms with E-state index in [2.05, 4.69) is 26.1 Å². The maximum Gasteiger partial charge on any atom is 0.268 e. The summed E-state index contributed by atoms with van der Waals surface area (Å²) < 4.78 is 6.11. The molecule has 0 aromatic carbocycles. The fourth-order valence-corrected chi connectivity index (χ4v) is 2.26. The van der Waals surface area contributed by atoms with E-state index >= 15 is 0 Å². The molecule has 0 fully saturated rings. The third-order valence-electron chi connectivity index (χ3n) is 1.63. The second-order valence-corrected chi connectivity index (χ2v) is 5.31. The van der Waals surface area contributed by atoms with Crippen LogP contribution in [0.15, 0.2) is 20.4 Å². The molecule has 1 atom stereocenters. The van der Waals surface area contributed by atoms with Crippen molar-refractivity contribution in [1.82, 2.24) is 10.1 Å². The van der Waals surface area contributed by atoms with Crippen LogP contribution in [0.5, 0.6) is 0 Å². The topological polar surface area (TPSA) is 64.9 Å². The Labute approximate surface area is 93.3 Å². The van der Waals surface area contributed by atoms with Gasteiger partial charge < -0.3 is 10.3 Å². The standard InChI is InChI=1S/C8H8BrN3OS/c1-4(10)7-11-8(13-12-7)5-2-3-6(9)14-5/h2-4H,10H2,1H3. The van der Waals surface area contributed by atoms with Gasteiger partial charge >= 0.3 is 0 Å². The van der Waals surface area contributed by atoms with Crippen LogP contribution in [0.4, 0.5) is 0 Å². The minimum atomic E-state index is -0.198. The molecule has 2 heterocycles. The largest absolute Gasteiger partial charge is 0.333 e. The van der Waals surface area contributed by atoms with E-state index in [-0.39, 0.29) is 6.04 Å². The van der Waals surface area contributed by atoms with Gasteiger partial charge in [0.2, 0.25) is 0 Å². The van der Waals surface area contributed by atoms with Gasteiger partial charge in [0.15, 0.2) is 5.82 Å². The Morgan fingerprint density at radius 2 is 2.36 bits per heavy atom. The average Bonchev–Trinajstić information content (AvgIpc) is 2.70. The molecule has 0 saturated heterocycles. The molecule has 2 aromatic heterocycles. The minimum Gasteiger partial charge on any atom is -0.333 e. The van der Waals surface area contributed by atoms with Crippen molar-refractivity contribution in [1.29, 1.82) is 0 Å². The summed E-state index contributed by atoms with van der Waals surface area (Å²) in [4.78, 5) is 5.12. The molecule has 0 aliphatic carbocycles. The number of aromatic nitrogens is 2. The van der Waals surface area contributed by atoms with Gasteiger partial charge in [-0.05, 0) is 35.0 Å². The maximum absolute atomic E-state index is 5.62. The zero-order valence-electron chi connectivity index (χ0n) is 7.40. The summed E-state index contributed by atoms with van der Waals surface area (Å²) in [7, 11) is 0. The molecule has 2 rings (SSSR count). The smallest absolute Gasteiger partial charge is 0.268 e. The van der Waals surface area contributed by atoms with E-state index < -0.39 is 0 Å². The first-order valence-corrected chi connectivity index (χ1v) is 5.62. The number of nitrogens with two attached hydrogens (primary N) is 1. The first-order chi connectivity index (χ1) is 6.66. The predicted molar refractivity (Wildman–Crippen MR) is 57.9 cm³/mol. The van der Waals surface area contributed by atoms with Crippen LogP contribution in [-0.2, 0) is 0 Å².